The van der Waals surface area contributed by atoms with E-state index in [9.17, 15) is 8.42 Å². The number of sulfonamides is 1. The molecule has 2 aromatic rings. The Balaban J connectivity index is 2.14. The fourth-order valence-corrected chi connectivity index (χ4v) is 2.90. The third-order valence-corrected chi connectivity index (χ3v) is 4.66. The van der Waals surface area contributed by atoms with E-state index in [-0.39, 0.29) is 10.9 Å². The topological polar surface area (TPSA) is 84.2 Å². The molecular weight excluding hydrogens is 286 g/mol. The minimum atomic E-state index is -3.49. The molecule has 0 heterocycles. The van der Waals surface area contributed by atoms with E-state index in [4.69, 9.17) is 5.73 Å². The van der Waals surface area contributed by atoms with E-state index in [0.717, 1.165) is 5.56 Å². The first-order chi connectivity index (χ1) is 10.0. The average Bonchev–Trinajstić information content (AvgIpc) is 2.53. The molecular formula is C15H19N3O2S. The lowest BCUT2D eigenvalue weighted by Crippen LogP contribution is -2.23. The molecule has 0 fully saturated rings. The van der Waals surface area contributed by atoms with Crippen LogP contribution in [0, 0.1) is 0 Å². The van der Waals surface area contributed by atoms with Crippen molar-refractivity contribution in [3.8, 4) is 0 Å². The van der Waals surface area contributed by atoms with E-state index < -0.39 is 10.0 Å². The Kier molecular flexibility index (Phi) is 4.95. The molecule has 0 aliphatic heterocycles. The van der Waals surface area contributed by atoms with Crippen molar-refractivity contribution in [2.75, 3.05) is 18.9 Å². The standard InChI is InChI=1S/C15H19N3O2S/c1-17-21(19,20)15-10-6-5-9-14(15)18-11-13(16)12-7-3-2-4-8-12/h2-10,13,17-18H,11,16H2,1H3. The molecule has 1 unspecified atom stereocenters. The molecule has 6 heteroatoms. The molecule has 0 radical (unpaired) electrons. The van der Waals surface area contributed by atoms with Gasteiger partial charge in [0.25, 0.3) is 0 Å². The summed E-state index contributed by atoms with van der Waals surface area (Å²) in [6, 6.07) is 16.2. The smallest absolute Gasteiger partial charge is 0.242 e. The second-order valence-corrected chi connectivity index (χ2v) is 6.46. The summed E-state index contributed by atoms with van der Waals surface area (Å²) >= 11 is 0. The summed E-state index contributed by atoms with van der Waals surface area (Å²) in [7, 11) is -2.10. The number of rotatable bonds is 6. The van der Waals surface area contributed by atoms with Gasteiger partial charge in [-0.15, -0.1) is 0 Å². The molecule has 5 nitrogen and oxygen atoms in total. The number of benzene rings is 2. The zero-order valence-corrected chi connectivity index (χ0v) is 12.6. The van der Waals surface area contributed by atoms with E-state index >= 15 is 0 Å². The first-order valence-corrected chi connectivity index (χ1v) is 8.10. The molecule has 2 aromatic carbocycles. The van der Waals surface area contributed by atoms with Gasteiger partial charge in [-0.25, -0.2) is 13.1 Å². The van der Waals surface area contributed by atoms with Crippen LogP contribution >= 0.6 is 0 Å². The van der Waals surface area contributed by atoms with Crippen LogP contribution in [-0.4, -0.2) is 22.0 Å². The van der Waals surface area contributed by atoms with Gasteiger partial charge in [0.05, 0.1) is 5.69 Å². The van der Waals surface area contributed by atoms with Crippen LogP contribution in [-0.2, 0) is 10.0 Å². The van der Waals surface area contributed by atoms with Crippen molar-refractivity contribution in [1.29, 1.82) is 0 Å². The summed E-state index contributed by atoms with van der Waals surface area (Å²) in [6.45, 7) is 0.445. The first-order valence-electron chi connectivity index (χ1n) is 6.61. The van der Waals surface area contributed by atoms with Gasteiger partial charge in [0.1, 0.15) is 4.90 Å². The van der Waals surface area contributed by atoms with Crippen LogP contribution in [0.1, 0.15) is 11.6 Å². The van der Waals surface area contributed by atoms with Crippen molar-refractivity contribution in [2.24, 2.45) is 5.73 Å². The van der Waals surface area contributed by atoms with Crippen molar-refractivity contribution in [3.63, 3.8) is 0 Å². The second-order valence-electron chi connectivity index (χ2n) is 4.60. The molecule has 0 aliphatic carbocycles. The molecule has 0 saturated heterocycles. The van der Waals surface area contributed by atoms with E-state index in [0.29, 0.717) is 12.2 Å². The number of para-hydroxylation sites is 1. The molecule has 0 spiro atoms. The molecule has 0 saturated carbocycles. The highest BCUT2D eigenvalue weighted by molar-refractivity contribution is 7.89. The Morgan fingerprint density at radius 1 is 1.05 bits per heavy atom. The summed E-state index contributed by atoms with van der Waals surface area (Å²) < 4.78 is 26.2. The highest BCUT2D eigenvalue weighted by Gasteiger charge is 2.16. The number of hydrogen-bond donors (Lipinski definition) is 3. The molecule has 112 valence electrons. The lowest BCUT2D eigenvalue weighted by Gasteiger charge is -2.16. The number of nitrogens with one attached hydrogen (secondary N) is 2. The summed E-state index contributed by atoms with van der Waals surface area (Å²) in [4.78, 5) is 0.216. The van der Waals surface area contributed by atoms with Gasteiger partial charge >= 0.3 is 0 Å². The number of nitrogens with two attached hydrogens (primary N) is 1. The summed E-state index contributed by atoms with van der Waals surface area (Å²) in [5.74, 6) is 0. The highest BCUT2D eigenvalue weighted by atomic mass is 32.2. The zero-order chi connectivity index (χ0) is 15.3. The molecule has 1 atom stereocenters. The van der Waals surface area contributed by atoms with Crippen molar-refractivity contribution in [3.05, 3.63) is 60.2 Å². The van der Waals surface area contributed by atoms with Gasteiger partial charge in [0.15, 0.2) is 0 Å². The predicted molar refractivity (Wildman–Crippen MR) is 84.5 cm³/mol. The van der Waals surface area contributed by atoms with Crippen LogP contribution < -0.4 is 15.8 Å². The van der Waals surface area contributed by atoms with Crippen LogP contribution in [0.25, 0.3) is 0 Å². The van der Waals surface area contributed by atoms with Gasteiger partial charge in [-0.3, -0.25) is 0 Å². The Morgan fingerprint density at radius 3 is 2.33 bits per heavy atom. The first kappa shape index (κ1) is 15.5. The third kappa shape index (κ3) is 3.81. The van der Waals surface area contributed by atoms with Gasteiger partial charge < -0.3 is 11.1 Å². The van der Waals surface area contributed by atoms with E-state index in [1.54, 1.807) is 24.3 Å². The molecule has 4 N–H and O–H groups in total. The van der Waals surface area contributed by atoms with Gasteiger partial charge in [0, 0.05) is 12.6 Å². The lowest BCUT2D eigenvalue weighted by molar-refractivity contribution is 0.588. The fraction of sp³-hybridized carbons (Fsp3) is 0.200. The second kappa shape index (κ2) is 6.71. The maximum Gasteiger partial charge on any atom is 0.242 e. The molecule has 21 heavy (non-hydrogen) atoms. The van der Waals surface area contributed by atoms with Crippen LogP contribution in [0.5, 0.6) is 0 Å². The summed E-state index contributed by atoms with van der Waals surface area (Å²) in [5, 5.41) is 3.11. The molecule has 0 amide bonds. The van der Waals surface area contributed by atoms with Crippen molar-refractivity contribution in [2.45, 2.75) is 10.9 Å². The van der Waals surface area contributed by atoms with E-state index in [1.807, 2.05) is 30.3 Å². The van der Waals surface area contributed by atoms with Gasteiger partial charge in [-0.05, 0) is 24.7 Å². The molecule has 0 aromatic heterocycles. The van der Waals surface area contributed by atoms with Crippen LogP contribution in [0.15, 0.2) is 59.5 Å². The molecule has 0 bridgehead atoms. The normalized spacial score (nSPS) is 12.9. The van der Waals surface area contributed by atoms with E-state index in [1.165, 1.54) is 7.05 Å². The Labute approximate surface area is 125 Å². The van der Waals surface area contributed by atoms with Crippen molar-refractivity contribution < 1.29 is 8.42 Å². The maximum absolute atomic E-state index is 12.0. The van der Waals surface area contributed by atoms with Gasteiger partial charge in [0.2, 0.25) is 10.0 Å². The van der Waals surface area contributed by atoms with E-state index in [2.05, 4.69) is 10.0 Å². The van der Waals surface area contributed by atoms with Crippen LogP contribution in [0.4, 0.5) is 5.69 Å². The molecule has 0 aliphatic rings. The monoisotopic (exact) mass is 305 g/mol. The highest BCUT2D eigenvalue weighted by Crippen LogP contribution is 2.21. The Morgan fingerprint density at radius 2 is 1.67 bits per heavy atom. The Bertz CT molecular complexity index is 687. The third-order valence-electron chi connectivity index (χ3n) is 3.19. The Hall–Kier alpha value is -1.89. The predicted octanol–water partition coefficient (Wildman–Crippen LogP) is 1.71. The fourth-order valence-electron chi connectivity index (χ4n) is 1.99. The largest absolute Gasteiger partial charge is 0.382 e. The summed E-state index contributed by atoms with van der Waals surface area (Å²) in [6.07, 6.45) is 0. The van der Waals surface area contributed by atoms with Crippen molar-refractivity contribution >= 4 is 15.7 Å². The van der Waals surface area contributed by atoms with Gasteiger partial charge in [-0.2, -0.15) is 0 Å². The quantitative estimate of drug-likeness (QED) is 0.758. The van der Waals surface area contributed by atoms with Crippen LogP contribution in [0.2, 0.25) is 0 Å². The lowest BCUT2D eigenvalue weighted by atomic mass is 10.1. The maximum atomic E-state index is 12.0. The number of hydrogen-bond acceptors (Lipinski definition) is 4. The average molecular weight is 305 g/mol. The molecule has 2 rings (SSSR count). The minimum absolute atomic E-state index is 0.212. The SMILES string of the molecule is CNS(=O)(=O)c1ccccc1NCC(N)c1ccccc1. The minimum Gasteiger partial charge on any atom is -0.382 e. The zero-order valence-electron chi connectivity index (χ0n) is 11.8. The van der Waals surface area contributed by atoms with Crippen molar-refractivity contribution in [1.82, 2.24) is 4.72 Å². The summed E-state index contributed by atoms with van der Waals surface area (Å²) in [5.41, 5.74) is 7.65. The van der Waals surface area contributed by atoms with Crippen LogP contribution in [0.3, 0.4) is 0 Å². The number of anilines is 1. The van der Waals surface area contributed by atoms with Gasteiger partial charge in [-0.1, -0.05) is 42.5 Å².